The van der Waals surface area contributed by atoms with E-state index in [-0.39, 0.29) is 11.8 Å². The Morgan fingerprint density at radius 3 is 2.00 bits per heavy atom. The van der Waals surface area contributed by atoms with Gasteiger partial charge < -0.3 is 26.2 Å². The van der Waals surface area contributed by atoms with Crippen molar-refractivity contribution in [3.63, 3.8) is 0 Å². The molecule has 5 N–H and O–H groups in total. The van der Waals surface area contributed by atoms with E-state index in [4.69, 9.17) is 10.8 Å². The number of hydrogen-bond donors (Lipinski definition) is 4. The molecule has 0 aliphatic heterocycles. The first-order valence-corrected chi connectivity index (χ1v) is 8.37. The van der Waals surface area contributed by atoms with Crippen molar-refractivity contribution in [2.24, 2.45) is 23.5 Å². The minimum absolute atomic E-state index is 0.173. The highest BCUT2D eigenvalue weighted by Gasteiger charge is 2.48. The van der Waals surface area contributed by atoms with Crippen molar-refractivity contribution >= 4 is 23.8 Å². The Morgan fingerprint density at radius 1 is 1.12 bits per heavy atom. The monoisotopic (exact) mass is 355 g/mol. The Bertz CT molecular complexity index is 560. The third kappa shape index (κ3) is 4.91. The van der Waals surface area contributed by atoms with Gasteiger partial charge in [0, 0.05) is 5.92 Å². The number of rotatable bonds is 9. The van der Waals surface area contributed by atoms with Gasteiger partial charge in [-0.05, 0) is 44.4 Å². The summed E-state index contributed by atoms with van der Waals surface area (Å²) in [5.41, 5.74) is 3.71. The van der Waals surface area contributed by atoms with Gasteiger partial charge in [0.25, 0.3) is 0 Å². The maximum atomic E-state index is 12.7. The van der Waals surface area contributed by atoms with E-state index in [1.165, 1.54) is 6.92 Å². The number of ether oxygens (including phenoxy) is 1. The van der Waals surface area contributed by atoms with Crippen LogP contribution in [0.5, 0.6) is 0 Å². The average Bonchev–Trinajstić information content (AvgIpc) is 3.40. The molecule has 2 rings (SSSR count). The lowest BCUT2D eigenvalue weighted by Crippen LogP contribution is -2.67. The summed E-state index contributed by atoms with van der Waals surface area (Å²) in [7, 11) is 1.13. The second-order valence-electron chi connectivity index (χ2n) is 7.00. The summed E-state index contributed by atoms with van der Waals surface area (Å²) in [5.74, 6) is -2.79. The van der Waals surface area contributed by atoms with Crippen LogP contribution in [-0.2, 0) is 23.9 Å². The molecule has 2 aliphatic rings. The topological polar surface area (TPSA) is 148 Å². The van der Waals surface area contributed by atoms with Crippen molar-refractivity contribution in [2.75, 3.05) is 7.11 Å². The van der Waals surface area contributed by atoms with Gasteiger partial charge in [-0.25, -0.2) is 4.79 Å². The van der Waals surface area contributed by atoms with Crippen LogP contribution >= 0.6 is 0 Å². The van der Waals surface area contributed by atoms with E-state index in [1.54, 1.807) is 0 Å². The Kier molecular flexibility index (Phi) is 5.66. The predicted octanol–water partition coefficient (Wildman–Crippen LogP) is -0.654. The quantitative estimate of drug-likeness (QED) is 0.317. The lowest BCUT2D eigenvalue weighted by molar-refractivity contribution is -0.155. The standard InChI is InChI=1S/C16H25N3O6/c1-16(15(24)25-2,18-13(22)10(17)7-11(20)21)19-14(23)12(8-3-4-8)9-5-6-9/h8-10,12H,3-7,17H2,1-2H3,(H,18,22)(H,19,23)(H,20,21)/t10-,16?/m0/s1. The number of hydrogen-bond acceptors (Lipinski definition) is 6. The zero-order valence-corrected chi connectivity index (χ0v) is 14.4. The van der Waals surface area contributed by atoms with Gasteiger partial charge in [0.2, 0.25) is 17.5 Å². The maximum Gasteiger partial charge on any atom is 0.352 e. The molecule has 0 bridgehead atoms. The van der Waals surface area contributed by atoms with E-state index in [1.807, 2.05) is 0 Å². The number of nitrogens with two attached hydrogens (primary N) is 1. The number of nitrogens with one attached hydrogen (secondary N) is 2. The van der Waals surface area contributed by atoms with Gasteiger partial charge >= 0.3 is 11.9 Å². The summed E-state index contributed by atoms with van der Waals surface area (Å²) >= 11 is 0. The van der Waals surface area contributed by atoms with Gasteiger partial charge in [-0.15, -0.1) is 0 Å². The number of methoxy groups -OCH3 is 1. The third-order valence-electron chi connectivity index (χ3n) is 4.63. The van der Waals surface area contributed by atoms with Gasteiger partial charge in [0.05, 0.1) is 19.6 Å². The summed E-state index contributed by atoms with van der Waals surface area (Å²) < 4.78 is 4.68. The van der Waals surface area contributed by atoms with Gasteiger partial charge in [-0.2, -0.15) is 0 Å². The number of carbonyl (C=O) groups is 4. The number of carboxylic acid groups (broad SMARTS) is 1. The predicted molar refractivity (Wildman–Crippen MR) is 85.9 cm³/mol. The molecule has 9 heteroatoms. The summed E-state index contributed by atoms with van der Waals surface area (Å²) in [5, 5.41) is 13.6. The summed E-state index contributed by atoms with van der Waals surface area (Å²) in [4.78, 5) is 47.6. The first-order valence-electron chi connectivity index (χ1n) is 8.37. The van der Waals surface area contributed by atoms with Crippen LogP contribution in [0.4, 0.5) is 0 Å². The van der Waals surface area contributed by atoms with Gasteiger partial charge in [-0.1, -0.05) is 0 Å². The molecule has 0 radical (unpaired) electrons. The fraction of sp³-hybridized carbons (Fsp3) is 0.750. The fourth-order valence-corrected chi connectivity index (χ4v) is 3.01. The van der Waals surface area contributed by atoms with Crippen LogP contribution in [0.25, 0.3) is 0 Å². The van der Waals surface area contributed by atoms with Crippen LogP contribution in [-0.4, -0.2) is 47.7 Å². The summed E-state index contributed by atoms with van der Waals surface area (Å²) in [6.45, 7) is 1.30. The molecule has 0 saturated heterocycles. The molecule has 0 spiro atoms. The van der Waals surface area contributed by atoms with Gasteiger partial charge in [0.15, 0.2) is 0 Å². The molecular weight excluding hydrogens is 330 g/mol. The maximum absolute atomic E-state index is 12.7. The summed E-state index contributed by atoms with van der Waals surface area (Å²) in [6, 6.07) is -1.35. The van der Waals surface area contributed by atoms with Crippen molar-refractivity contribution in [3.8, 4) is 0 Å². The first-order chi connectivity index (χ1) is 11.7. The largest absolute Gasteiger partial charge is 0.481 e. The second-order valence-corrected chi connectivity index (χ2v) is 7.00. The van der Waals surface area contributed by atoms with Gasteiger partial charge in [-0.3, -0.25) is 14.4 Å². The zero-order chi connectivity index (χ0) is 18.8. The molecule has 1 unspecified atom stereocenters. The number of amides is 2. The van der Waals surface area contributed by atoms with Crippen LogP contribution in [0.3, 0.4) is 0 Å². The van der Waals surface area contributed by atoms with Crippen LogP contribution in [0, 0.1) is 17.8 Å². The van der Waals surface area contributed by atoms with Crippen molar-refractivity contribution in [2.45, 2.75) is 50.7 Å². The number of esters is 1. The first kappa shape index (κ1) is 19.2. The highest BCUT2D eigenvalue weighted by Crippen LogP contribution is 2.49. The normalized spacial score (nSPS) is 20.3. The molecule has 140 valence electrons. The lowest BCUT2D eigenvalue weighted by atomic mass is 9.96. The lowest BCUT2D eigenvalue weighted by Gasteiger charge is -2.31. The third-order valence-corrected chi connectivity index (χ3v) is 4.63. The molecule has 9 nitrogen and oxygen atoms in total. The molecule has 2 fully saturated rings. The van der Waals surface area contributed by atoms with Crippen LogP contribution < -0.4 is 16.4 Å². The minimum atomic E-state index is -1.80. The number of carboxylic acids is 1. The van der Waals surface area contributed by atoms with E-state index in [0.29, 0.717) is 11.8 Å². The highest BCUT2D eigenvalue weighted by atomic mass is 16.5. The van der Waals surface area contributed by atoms with E-state index in [2.05, 4.69) is 15.4 Å². The summed E-state index contributed by atoms with van der Waals surface area (Å²) in [6.07, 6.45) is 3.35. The van der Waals surface area contributed by atoms with E-state index >= 15 is 0 Å². The minimum Gasteiger partial charge on any atom is -0.481 e. The molecule has 2 atom stereocenters. The van der Waals surface area contributed by atoms with Crippen molar-refractivity contribution in [3.05, 3.63) is 0 Å². The van der Waals surface area contributed by atoms with Crippen LogP contribution in [0.1, 0.15) is 39.0 Å². The molecule has 2 amide bonds. The Morgan fingerprint density at radius 2 is 1.60 bits per heavy atom. The number of carbonyl (C=O) groups excluding carboxylic acids is 3. The molecule has 25 heavy (non-hydrogen) atoms. The number of aliphatic carboxylic acids is 1. The second kappa shape index (κ2) is 7.38. The Labute approximate surface area is 145 Å². The van der Waals surface area contributed by atoms with E-state index in [9.17, 15) is 19.2 Å². The van der Waals surface area contributed by atoms with E-state index < -0.39 is 36.0 Å². The molecule has 2 aliphatic carbocycles. The molecule has 0 aromatic carbocycles. The molecule has 0 aromatic rings. The zero-order valence-electron chi connectivity index (χ0n) is 14.4. The Balaban J connectivity index is 2.08. The highest BCUT2D eigenvalue weighted by molar-refractivity contribution is 5.94. The van der Waals surface area contributed by atoms with Crippen molar-refractivity contribution < 1.29 is 29.0 Å². The molecule has 0 heterocycles. The van der Waals surface area contributed by atoms with Crippen LogP contribution in [0.15, 0.2) is 0 Å². The molecule has 0 aromatic heterocycles. The smallest absolute Gasteiger partial charge is 0.352 e. The SMILES string of the molecule is COC(=O)C(C)(NC(=O)C(C1CC1)C1CC1)NC(=O)[C@@H](N)CC(=O)O. The van der Waals surface area contributed by atoms with Crippen molar-refractivity contribution in [1.82, 2.24) is 10.6 Å². The van der Waals surface area contributed by atoms with Crippen LogP contribution in [0.2, 0.25) is 0 Å². The fourth-order valence-electron chi connectivity index (χ4n) is 3.01. The molecular formula is C16H25N3O6. The van der Waals surface area contributed by atoms with Crippen molar-refractivity contribution in [1.29, 1.82) is 0 Å². The van der Waals surface area contributed by atoms with E-state index in [0.717, 1.165) is 32.8 Å². The molecule has 2 saturated carbocycles. The Hall–Kier alpha value is -2.16. The van der Waals surface area contributed by atoms with Gasteiger partial charge in [0.1, 0.15) is 0 Å². The average molecular weight is 355 g/mol.